The Bertz CT molecular complexity index is 1120. The number of benzene rings is 2. The Kier molecular flexibility index (Phi) is 5.71. The molecule has 0 aromatic heterocycles. The van der Waals surface area contributed by atoms with Crippen molar-refractivity contribution in [1.82, 2.24) is 4.90 Å². The van der Waals surface area contributed by atoms with Crippen molar-refractivity contribution >= 4 is 46.0 Å². The predicted molar refractivity (Wildman–Crippen MR) is 127 cm³/mol. The van der Waals surface area contributed by atoms with Gasteiger partial charge in [0.05, 0.1) is 10.9 Å². The van der Waals surface area contributed by atoms with Crippen LogP contribution in [0.5, 0.6) is 0 Å². The number of fused-ring (bicyclic) bond motifs is 3. The molecule has 0 radical (unpaired) electrons. The van der Waals surface area contributed by atoms with Crippen LogP contribution < -0.4 is 5.32 Å². The molecule has 7 heteroatoms. The highest BCUT2D eigenvalue weighted by molar-refractivity contribution is 8.15. The van der Waals surface area contributed by atoms with Crippen molar-refractivity contribution in [1.29, 1.82) is 0 Å². The standard InChI is InChI=1S/C24H26N4O2S/c1-13(2)20-23(30)28-21(27-20)17-10-6-7-11-19(17)26-24(28)31-16(5)22(29)25-18-12-8-9-14(3)15(18)4/h6-13,16,20H,1-5H3,(H,25,29)/t16-,20+/m1/s1. The molecule has 0 fully saturated rings. The van der Waals surface area contributed by atoms with E-state index in [1.54, 1.807) is 4.90 Å². The van der Waals surface area contributed by atoms with Gasteiger partial charge in [-0.3, -0.25) is 14.6 Å². The Labute approximate surface area is 186 Å². The van der Waals surface area contributed by atoms with E-state index in [4.69, 9.17) is 9.98 Å². The summed E-state index contributed by atoms with van der Waals surface area (Å²) in [6.45, 7) is 9.80. The average molecular weight is 435 g/mol. The summed E-state index contributed by atoms with van der Waals surface area (Å²) in [5, 5.41) is 3.06. The van der Waals surface area contributed by atoms with E-state index in [0.29, 0.717) is 11.0 Å². The lowest BCUT2D eigenvalue weighted by molar-refractivity contribution is -0.125. The normalized spacial score (nSPS) is 18.3. The van der Waals surface area contributed by atoms with Crippen molar-refractivity contribution in [3.8, 4) is 0 Å². The van der Waals surface area contributed by atoms with E-state index in [1.165, 1.54) is 11.8 Å². The summed E-state index contributed by atoms with van der Waals surface area (Å²) in [5.41, 5.74) is 4.57. The number of rotatable bonds is 4. The third-order valence-electron chi connectivity index (χ3n) is 5.64. The Morgan fingerprint density at radius 3 is 2.58 bits per heavy atom. The van der Waals surface area contributed by atoms with Crippen LogP contribution in [-0.2, 0) is 9.59 Å². The van der Waals surface area contributed by atoms with E-state index in [0.717, 1.165) is 28.1 Å². The fourth-order valence-corrected chi connectivity index (χ4v) is 4.53. The SMILES string of the molecule is Cc1cccc(NC(=O)[C@@H](C)SC2=Nc3ccccc3C3=N[C@@H](C(C)C)C(=O)N23)c1C. The highest BCUT2D eigenvalue weighted by Gasteiger charge is 2.43. The summed E-state index contributed by atoms with van der Waals surface area (Å²) in [7, 11) is 0. The molecule has 2 atom stereocenters. The van der Waals surface area contributed by atoms with Gasteiger partial charge in [0.2, 0.25) is 5.91 Å². The first-order valence-electron chi connectivity index (χ1n) is 10.4. The van der Waals surface area contributed by atoms with Crippen molar-refractivity contribution in [2.75, 3.05) is 5.32 Å². The third kappa shape index (κ3) is 3.90. The molecule has 0 spiro atoms. The monoisotopic (exact) mass is 434 g/mol. The largest absolute Gasteiger partial charge is 0.325 e. The maximum absolute atomic E-state index is 13.1. The third-order valence-corrected chi connectivity index (χ3v) is 6.70. The van der Waals surface area contributed by atoms with Gasteiger partial charge in [0.25, 0.3) is 5.91 Å². The zero-order valence-corrected chi connectivity index (χ0v) is 19.2. The Morgan fingerprint density at radius 2 is 1.84 bits per heavy atom. The molecule has 160 valence electrons. The van der Waals surface area contributed by atoms with Crippen LogP contribution in [0.4, 0.5) is 11.4 Å². The average Bonchev–Trinajstić information content (AvgIpc) is 3.09. The van der Waals surface area contributed by atoms with Gasteiger partial charge < -0.3 is 5.32 Å². The molecule has 0 bridgehead atoms. The molecule has 0 saturated carbocycles. The minimum absolute atomic E-state index is 0.0778. The fourth-order valence-electron chi connectivity index (χ4n) is 3.62. The van der Waals surface area contributed by atoms with Gasteiger partial charge in [0.1, 0.15) is 11.9 Å². The minimum Gasteiger partial charge on any atom is -0.325 e. The molecule has 0 unspecified atom stereocenters. The number of aliphatic imine (C=N–C) groups is 2. The van der Waals surface area contributed by atoms with Crippen LogP contribution in [0.2, 0.25) is 0 Å². The van der Waals surface area contributed by atoms with Gasteiger partial charge in [-0.25, -0.2) is 9.89 Å². The molecular weight excluding hydrogens is 408 g/mol. The number of aryl methyl sites for hydroxylation is 1. The second-order valence-electron chi connectivity index (χ2n) is 8.22. The molecule has 2 aliphatic heterocycles. The summed E-state index contributed by atoms with van der Waals surface area (Å²) < 4.78 is 0. The van der Waals surface area contributed by atoms with Crippen LogP contribution in [0.25, 0.3) is 0 Å². The smallest absolute Gasteiger partial charge is 0.259 e. The van der Waals surface area contributed by atoms with Crippen LogP contribution in [0.3, 0.4) is 0 Å². The molecule has 2 amide bonds. The lowest BCUT2D eigenvalue weighted by atomic mass is 10.1. The van der Waals surface area contributed by atoms with Crippen LogP contribution >= 0.6 is 11.8 Å². The molecule has 31 heavy (non-hydrogen) atoms. The van der Waals surface area contributed by atoms with E-state index in [9.17, 15) is 9.59 Å². The maximum Gasteiger partial charge on any atom is 0.259 e. The van der Waals surface area contributed by atoms with E-state index < -0.39 is 11.3 Å². The molecule has 0 saturated heterocycles. The first-order chi connectivity index (χ1) is 14.8. The minimum atomic E-state index is -0.448. The van der Waals surface area contributed by atoms with Gasteiger partial charge in [-0.15, -0.1) is 0 Å². The van der Waals surface area contributed by atoms with Crippen molar-refractivity contribution in [2.45, 2.75) is 45.9 Å². The van der Waals surface area contributed by atoms with Crippen LogP contribution in [-0.4, -0.2) is 39.0 Å². The molecule has 4 rings (SSSR count). The van der Waals surface area contributed by atoms with Crippen LogP contribution in [0, 0.1) is 19.8 Å². The van der Waals surface area contributed by atoms with Crippen molar-refractivity contribution in [3.05, 3.63) is 59.2 Å². The molecule has 6 nitrogen and oxygen atoms in total. The van der Waals surface area contributed by atoms with Gasteiger partial charge in [0.15, 0.2) is 5.17 Å². The summed E-state index contributed by atoms with van der Waals surface area (Å²) in [5.74, 6) is 0.478. The number of amides is 2. The molecular formula is C24H26N4O2S. The number of nitrogens with zero attached hydrogens (tertiary/aromatic N) is 3. The first kappa shape index (κ1) is 21.3. The zero-order chi connectivity index (χ0) is 22.3. The van der Waals surface area contributed by atoms with Crippen molar-refractivity contribution < 1.29 is 9.59 Å². The van der Waals surface area contributed by atoms with Crippen molar-refractivity contribution in [2.24, 2.45) is 15.9 Å². The van der Waals surface area contributed by atoms with Gasteiger partial charge in [-0.05, 0) is 56.0 Å². The fraction of sp³-hybridized carbons (Fsp3) is 0.333. The lowest BCUT2D eigenvalue weighted by Crippen LogP contribution is -2.43. The second-order valence-corrected chi connectivity index (χ2v) is 9.53. The van der Waals surface area contributed by atoms with Crippen molar-refractivity contribution in [3.63, 3.8) is 0 Å². The summed E-state index contributed by atoms with van der Waals surface area (Å²) in [6.07, 6.45) is 0. The number of anilines is 1. The Morgan fingerprint density at radius 1 is 1.10 bits per heavy atom. The number of thioether (sulfide) groups is 1. The molecule has 2 aromatic rings. The van der Waals surface area contributed by atoms with E-state index in [-0.39, 0.29) is 17.7 Å². The topological polar surface area (TPSA) is 74.1 Å². The Hall–Kier alpha value is -2.93. The van der Waals surface area contributed by atoms with E-state index >= 15 is 0 Å². The van der Waals surface area contributed by atoms with E-state index in [1.807, 2.05) is 77.1 Å². The highest BCUT2D eigenvalue weighted by Crippen LogP contribution is 2.36. The van der Waals surface area contributed by atoms with Crippen LogP contribution in [0.15, 0.2) is 52.4 Å². The van der Waals surface area contributed by atoms with Gasteiger partial charge in [0, 0.05) is 11.3 Å². The molecule has 2 aliphatic rings. The second kappa shape index (κ2) is 8.30. The number of nitrogens with one attached hydrogen (secondary N) is 1. The number of carbonyl (C=O) groups excluding carboxylic acids is 2. The lowest BCUT2D eigenvalue weighted by Gasteiger charge is -2.27. The van der Waals surface area contributed by atoms with E-state index in [2.05, 4.69) is 5.32 Å². The van der Waals surface area contributed by atoms with Gasteiger partial charge in [-0.2, -0.15) is 0 Å². The maximum atomic E-state index is 13.1. The van der Waals surface area contributed by atoms with Crippen LogP contribution in [0.1, 0.15) is 37.5 Å². The number of carbonyl (C=O) groups is 2. The first-order valence-corrected chi connectivity index (χ1v) is 11.3. The molecule has 0 aliphatic carbocycles. The Balaban J connectivity index is 1.61. The summed E-state index contributed by atoms with van der Waals surface area (Å²) in [4.78, 5) is 37.1. The quantitative estimate of drug-likeness (QED) is 0.759. The van der Waals surface area contributed by atoms with Gasteiger partial charge in [-0.1, -0.05) is 49.9 Å². The predicted octanol–water partition coefficient (Wildman–Crippen LogP) is 4.68. The molecule has 2 aromatic carbocycles. The number of hydrogen-bond acceptors (Lipinski definition) is 5. The molecule has 1 N–H and O–H groups in total. The molecule has 2 heterocycles. The number of hydrogen-bond donors (Lipinski definition) is 1. The highest BCUT2D eigenvalue weighted by atomic mass is 32.2. The zero-order valence-electron chi connectivity index (χ0n) is 18.3. The summed E-state index contributed by atoms with van der Waals surface area (Å²) >= 11 is 1.28. The number of amidine groups is 2. The summed E-state index contributed by atoms with van der Waals surface area (Å²) in [6, 6.07) is 13.1. The number of para-hydroxylation sites is 1. The van der Waals surface area contributed by atoms with Gasteiger partial charge >= 0.3 is 0 Å².